The molecule has 0 radical (unpaired) electrons. The van der Waals surface area contributed by atoms with E-state index in [0.29, 0.717) is 12.1 Å². The summed E-state index contributed by atoms with van der Waals surface area (Å²) in [5, 5.41) is 3.47. The van der Waals surface area contributed by atoms with Crippen LogP contribution < -0.4 is 5.32 Å². The molecule has 1 aromatic rings. The lowest BCUT2D eigenvalue weighted by molar-refractivity contribution is 0.173. The Morgan fingerprint density at radius 2 is 1.91 bits per heavy atom. The molecule has 0 aliphatic carbocycles. The smallest absolute Gasteiger partial charge is 0.193 e. The Labute approximate surface area is 142 Å². The van der Waals surface area contributed by atoms with Gasteiger partial charge in [-0.05, 0) is 46.2 Å². The van der Waals surface area contributed by atoms with Crippen molar-refractivity contribution >= 4 is 5.96 Å². The van der Waals surface area contributed by atoms with Gasteiger partial charge in [0.05, 0.1) is 6.54 Å². The van der Waals surface area contributed by atoms with E-state index in [4.69, 9.17) is 0 Å². The van der Waals surface area contributed by atoms with Crippen molar-refractivity contribution in [3.8, 4) is 0 Å². The second-order valence-electron chi connectivity index (χ2n) is 6.72. The molecular weight excluding hydrogens is 286 g/mol. The van der Waals surface area contributed by atoms with Crippen LogP contribution in [0.5, 0.6) is 0 Å². The molecule has 0 aromatic carbocycles. The fourth-order valence-electron chi connectivity index (χ4n) is 2.94. The molecule has 23 heavy (non-hydrogen) atoms. The van der Waals surface area contributed by atoms with Gasteiger partial charge in [-0.15, -0.1) is 0 Å². The molecule has 0 amide bonds. The lowest BCUT2D eigenvalue weighted by atomic mass is 10.2. The number of hydrogen-bond acceptors (Lipinski definition) is 2. The molecule has 1 aromatic heterocycles. The zero-order valence-electron chi connectivity index (χ0n) is 16.0. The standard InChI is InChI=1S/C18H35N5/c1-15(2)23(16(3)4)13-9-11-20-18(19-5)22(7)14-17-10-8-12-21(17)6/h8,10,12,15-16H,9,11,13-14H2,1-7H3,(H,19,20). The molecule has 5 heteroatoms. The van der Waals surface area contributed by atoms with Gasteiger partial charge in [0.2, 0.25) is 0 Å². The summed E-state index contributed by atoms with van der Waals surface area (Å²) in [6.45, 7) is 12.0. The summed E-state index contributed by atoms with van der Waals surface area (Å²) in [4.78, 5) is 9.08. The molecule has 0 unspecified atom stereocenters. The third-order valence-electron chi connectivity index (χ3n) is 4.23. The van der Waals surface area contributed by atoms with E-state index in [-0.39, 0.29) is 0 Å². The van der Waals surface area contributed by atoms with E-state index in [1.165, 1.54) is 5.69 Å². The maximum Gasteiger partial charge on any atom is 0.193 e. The molecular formula is C18H35N5. The van der Waals surface area contributed by atoms with Crippen LogP contribution >= 0.6 is 0 Å². The first-order valence-electron chi connectivity index (χ1n) is 8.64. The predicted octanol–water partition coefficient (Wildman–Crippen LogP) is 2.54. The number of guanidine groups is 1. The molecule has 0 spiro atoms. The first-order valence-corrected chi connectivity index (χ1v) is 8.64. The summed E-state index contributed by atoms with van der Waals surface area (Å²) in [6.07, 6.45) is 3.19. The monoisotopic (exact) mass is 321 g/mol. The Balaban J connectivity index is 2.41. The third-order valence-corrected chi connectivity index (χ3v) is 4.23. The van der Waals surface area contributed by atoms with Gasteiger partial charge < -0.3 is 14.8 Å². The van der Waals surface area contributed by atoms with Gasteiger partial charge in [0, 0.05) is 58.2 Å². The van der Waals surface area contributed by atoms with Crippen LogP contribution in [0.1, 0.15) is 39.8 Å². The molecule has 1 rings (SSSR count). The molecule has 0 aliphatic rings. The number of nitrogens with zero attached hydrogens (tertiary/aromatic N) is 4. The highest BCUT2D eigenvalue weighted by atomic mass is 15.3. The van der Waals surface area contributed by atoms with Crippen LogP contribution in [-0.2, 0) is 13.6 Å². The minimum atomic E-state index is 0.592. The SMILES string of the molecule is CN=C(NCCCN(C(C)C)C(C)C)N(C)Cc1cccn1C. The quantitative estimate of drug-likeness (QED) is 0.454. The largest absolute Gasteiger partial charge is 0.356 e. The number of aliphatic imine (C=N–C) groups is 1. The number of aryl methyl sites for hydroxylation is 1. The van der Waals surface area contributed by atoms with Crippen LogP contribution in [0.3, 0.4) is 0 Å². The molecule has 132 valence electrons. The van der Waals surface area contributed by atoms with Crippen LogP contribution in [-0.4, -0.2) is 59.6 Å². The van der Waals surface area contributed by atoms with E-state index < -0.39 is 0 Å². The lowest BCUT2D eigenvalue weighted by Crippen LogP contribution is -2.42. The molecule has 0 aliphatic heterocycles. The van der Waals surface area contributed by atoms with E-state index in [1.807, 2.05) is 7.05 Å². The summed E-state index contributed by atoms with van der Waals surface area (Å²) >= 11 is 0. The van der Waals surface area contributed by atoms with Crippen LogP contribution in [0.15, 0.2) is 23.3 Å². The summed E-state index contributed by atoms with van der Waals surface area (Å²) in [6, 6.07) is 5.40. The van der Waals surface area contributed by atoms with Crippen LogP contribution in [0, 0.1) is 0 Å². The Hall–Kier alpha value is -1.49. The van der Waals surface area contributed by atoms with Gasteiger partial charge >= 0.3 is 0 Å². The Kier molecular flexibility index (Phi) is 8.17. The maximum absolute atomic E-state index is 4.39. The average molecular weight is 322 g/mol. The fourth-order valence-corrected chi connectivity index (χ4v) is 2.94. The Morgan fingerprint density at radius 1 is 1.26 bits per heavy atom. The van der Waals surface area contributed by atoms with Crippen molar-refractivity contribution in [2.75, 3.05) is 27.2 Å². The zero-order valence-corrected chi connectivity index (χ0v) is 16.0. The molecule has 0 bridgehead atoms. The molecule has 0 fully saturated rings. The summed E-state index contributed by atoms with van der Waals surface area (Å²) in [5.41, 5.74) is 1.28. The van der Waals surface area contributed by atoms with E-state index in [9.17, 15) is 0 Å². The van der Waals surface area contributed by atoms with Gasteiger partial charge in [0.15, 0.2) is 5.96 Å². The van der Waals surface area contributed by atoms with E-state index >= 15 is 0 Å². The first-order chi connectivity index (χ1) is 10.9. The second-order valence-corrected chi connectivity index (χ2v) is 6.72. The van der Waals surface area contributed by atoms with Crippen molar-refractivity contribution in [2.24, 2.45) is 12.0 Å². The lowest BCUT2D eigenvalue weighted by Gasteiger charge is -2.30. The van der Waals surface area contributed by atoms with Crippen molar-refractivity contribution in [1.29, 1.82) is 0 Å². The highest BCUT2D eigenvalue weighted by molar-refractivity contribution is 5.79. The van der Waals surface area contributed by atoms with Gasteiger partial charge in [-0.25, -0.2) is 0 Å². The van der Waals surface area contributed by atoms with E-state index in [0.717, 1.165) is 32.0 Å². The predicted molar refractivity (Wildman–Crippen MR) is 99.8 cm³/mol. The van der Waals surface area contributed by atoms with Crippen LogP contribution in [0.2, 0.25) is 0 Å². The average Bonchev–Trinajstić information content (AvgIpc) is 2.87. The number of hydrogen-bond donors (Lipinski definition) is 1. The van der Waals surface area contributed by atoms with E-state index in [2.05, 4.69) is 84.8 Å². The minimum absolute atomic E-state index is 0.592. The summed E-state index contributed by atoms with van der Waals surface area (Å²) < 4.78 is 2.15. The number of nitrogens with one attached hydrogen (secondary N) is 1. The molecule has 1 heterocycles. The Morgan fingerprint density at radius 3 is 2.39 bits per heavy atom. The second kappa shape index (κ2) is 9.60. The highest BCUT2D eigenvalue weighted by Crippen LogP contribution is 2.06. The van der Waals surface area contributed by atoms with Gasteiger partial charge in [-0.3, -0.25) is 9.89 Å². The molecule has 5 nitrogen and oxygen atoms in total. The maximum atomic E-state index is 4.39. The minimum Gasteiger partial charge on any atom is -0.356 e. The van der Waals surface area contributed by atoms with Crippen LogP contribution in [0.4, 0.5) is 0 Å². The molecule has 0 saturated carbocycles. The molecule has 0 saturated heterocycles. The normalized spacial score (nSPS) is 12.5. The van der Waals surface area contributed by atoms with Crippen LogP contribution in [0.25, 0.3) is 0 Å². The van der Waals surface area contributed by atoms with Crippen molar-refractivity contribution in [2.45, 2.75) is 52.7 Å². The van der Waals surface area contributed by atoms with Gasteiger partial charge in [-0.1, -0.05) is 0 Å². The summed E-state index contributed by atoms with van der Waals surface area (Å²) in [7, 11) is 6.00. The van der Waals surface area contributed by atoms with Crippen molar-refractivity contribution in [3.63, 3.8) is 0 Å². The third kappa shape index (κ3) is 6.26. The molecule has 0 atom stereocenters. The first kappa shape index (κ1) is 19.6. The van der Waals surface area contributed by atoms with E-state index in [1.54, 1.807) is 0 Å². The number of aromatic nitrogens is 1. The zero-order chi connectivity index (χ0) is 17.4. The topological polar surface area (TPSA) is 35.8 Å². The Bertz CT molecular complexity index is 468. The van der Waals surface area contributed by atoms with Crippen molar-refractivity contribution in [3.05, 3.63) is 24.0 Å². The summed E-state index contributed by atoms with van der Waals surface area (Å²) in [5.74, 6) is 0.951. The van der Waals surface area contributed by atoms with Gasteiger partial charge in [0.25, 0.3) is 0 Å². The van der Waals surface area contributed by atoms with Crippen molar-refractivity contribution < 1.29 is 0 Å². The fraction of sp³-hybridized carbons (Fsp3) is 0.722. The molecule has 1 N–H and O–H groups in total. The van der Waals surface area contributed by atoms with Crippen molar-refractivity contribution in [1.82, 2.24) is 19.7 Å². The number of rotatable bonds is 8. The van der Waals surface area contributed by atoms with Gasteiger partial charge in [-0.2, -0.15) is 0 Å². The van der Waals surface area contributed by atoms with Gasteiger partial charge in [0.1, 0.15) is 0 Å². The highest BCUT2D eigenvalue weighted by Gasteiger charge is 2.13.